The molecule has 0 N–H and O–H groups in total. The van der Waals surface area contributed by atoms with Gasteiger partial charge in [-0.05, 0) is 25.8 Å². The predicted octanol–water partition coefficient (Wildman–Crippen LogP) is 3.29. The Morgan fingerprint density at radius 2 is 2.10 bits per heavy atom. The van der Waals surface area contributed by atoms with Crippen molar-refractivity contribution in [3.63, 3.8) is 0 Å². The Morgan fingerprint density at radius 3 is 2.97 bits per heavy atom. The van der Waals surface area contributed by atoms with E-state index < -0.39 is 23.9 Å². The van der Waals surface area contributed by atoms with E-state index in [1.165, 1.54) is 6.20 Å². The molecule has 31 heavy (non-hydrogen) atoms. The fraction of sp³-hybridized carbons (Fsp3) is 0.650. The lowest BCUT2D eigenvalue weighted by Gasteiger charge is -2.31. The summed E-state index contributed by atoms with van der Waals surface area (Å²) in [6.45, 7) is 2.12. The van der Waals surface area contributed by atoms with E-state index in [0.717, 1.165) is 19.4 Å². The number of alkyl halides is 2. The average molecular weight is 458 g/mol. The molecule has 1 unspecified atom stereocenters. The molecule has 3 atom stereocenters. The third-order valence-electron chi connectivity index (χ3n) is 6.37. The van der Waals surface area contributed by atoms with Gasteiger partial charge in [-0.25, -0.2) is 18.2 Å². The molecule has 0 spiro atoms. The van der Waals surface area contributed by atoms with Crippen LogP contribution in [0.2, 0.25) is 5.15 Å². The Kier molecular flexibility index (Phi) is 5.56. The highest BCUT2D eigenvalue weighted by Gasteiger charge is 2.49. The van der Waals surface area contributed by atoms with Gasteiger partial charge in [-0.15, -0.1) is 0 Å². The van der Waals surface area contributed by atoms with E-state index in [2.05, 4.69) is 19.9 Å². The molecule has 3 saturated heterocycles. The van der Waals surface area contributed by atoms with Crippen molar-refractivity contribution in [1.82, 2.24) is 19.9 Å². The van der Waals surface area contributed by atoms with E-state index in [-0.39, 0.29) is 36.4 Å². The molecule has 5 rings (SSSR count). The fourth-order valence-electron chi connectivity index (χ4n) is 4.93. The van der Waals surface area contributed by atoms with Crippen molar-refractivity contribution in [2.45, 2.75) is 43.8 Å². The summed E-state index contributed by atoms with van der Waals surface area (Å²) in [4.78, 5) is 16.4. The largest absolute Gasteiger partial charge is 0.461 e. The van der Waals surface area contributed by atoms with Gasteiger partial charge in [0, 0.05) is 25.7 Å². The van der Waals surface area contributed by atoms with Crippen molar-refractivity contribution in [2.75, 3.05) is 44.3 Å². The Bertz CT molecular complexity index is 985. The first-order valence-electron chi connectivity index (χ1n) is 10.5. The minimum absolute atomic E-state index is 0.0452. The first kappa shape index (κ1) is 21.0. The quantitative estimate of drug-likeness (QED) is 0.653. The molecule has 2 aromatic heterocycles. The van der Waals surface area contributed by atoms with Crippen LogP contribution in [0.25, 0.3) is 10.9 Å². The molecule has 0 amide bonds. The smallest absolute Gasteiger partial charge is 0.319 e. The van der Waals surface area contributed by atoms with Gasteiger partial charge >= 0.3 is 6.01 Å². The summed E-state index contributed by atoms with van der Waals surface area (Å²) >= 11 is 5.87. The van der Waals surface area contributed by atoms with Crippen LogP contribution < -0.4 is 9.64 Å². The van der Waals surface area contributed by atoms with Gasteiger partial charge < -0.3 is 14.4 Å². The predicted molar refractivity (Wildman–Crippen MR) is 109 cm³/mol. The van der Waals surface area contributed by atoms with Gasteiger partial charge in [0.1, 0.15) is 24.1 Å². The lowest BCUT2D eigenvalue weighted by Crippen LogP contribution is -2.43. The summed E-state index contributed by atoms with van der Waals surface area (Å²) in [7, 11) is 0. The number of halogens is 4. The standard InChI is InChI=1S/C20H23ClF3N5O2/c21-17-15(24)16-13(8-25-17)18(28-4-2-6-30-14(23)10-28)27-19(26-16)31-11-20-3-1-5-29(20)9-12(22)7-20/h8,12,14H,1-7,9-11H2/t12-,14?,20+/m1/s1. The number of aromatic nitrogens is 3. The molecule has 3 aliphatic rings. The molecule has 11 heteroatoms. The van der Waals surface area contributed by atoms with Crippen molar-refractivity contribution in [2.24, 2.45) is 0 Å². The van der Waals surface area contributed by atoms with E-state index in [1.54, 1.807) is 4.90 Å². The first-order chi connectivity index (χ1) is 14.9. The molecule has 0 radical (unpaired) electrons. The maximum atomic E-state index is 14.8. The molecule has 0 saturated carbocycles. The molecule has 0 aliphatic carbocycles. The molecule has 2 aromatic rings. The summed E-state index contributed by atoms with van der Waals surface area (Å²) in [5.41, 5.74) is -0.441. The highest BCUT2D eigenvalue weighted by Crippen LogP contribution is 2.40. The number of pyridine rings is 1. The molecular weight excluding hydrogens is 435 g/mol. The zero-order valence-electron chi connectivity index (χ0n) is 16.9. The van der Waals surface area contributed by atoms with Crippen molar-refractivity contribution < 1.29 is 22.6 Å². The monoisotopic (exact) mass is 457 g/mol. The van der Waals surface area contributed by atoms with E-state index in [0.29, 0.717) is 37.1 Å². The third kappa shape index (κ3) is 3.89. The number of rotatable bonds is 4. The molecule has 0 bridgehead atoms. The number of hydrogen-bond acceptors (Lipinski definition) is 7. The molecular formula is C20H23ClF3N5O2. The van der Waals surface area contributed by atoms with Gasteiger partial charge in [-0.3, -0.25) is 4.90 Å². The van der Waals surface area contributed by atoms with Gasteiger partial charge in [-0.2, -0.15) is 9.97 Å². The van der Waals surface area contributed by atoms with Gasteiger partial charge in [0.25, 0.3) is 0 Å². The zero-order chi connectivity index (χ0) is 21.6. The van der Waals surface area contributed by atoms with Crippen molar-refractivity contribution in [3.8, 4) is 6.01 Å². The van der Waals surface area contributed by atoms with Gasteiger partial charge in [0.2, 0.25) is 6.36 Å². The van der Waals surface area contributed by atoms with Crippen molar-refractivity contribution >= 4 is 28.3 Å². The van der Waals surface area contributed by atoms with Crippen LogP contribution in [0.4, 0.5) is 19.0 Å². The summed E-state index contributed by atoms with van der Waals surface area (Å²) in [5.74, 6) is -0.479. The maximum absolute atomic E-state index is 14.8. The maximum Gasteiger partial charge on any atom is 0.319 e. The normalized spacial score (nSPS) is 29.4. The Labute approximate surface area is 182 Å². The molecule has 3 fully saturated rings. The topological polar surface area (TPSA) is 63.6 Å². The summed E-state index contributed by atoms with van der Waals surface area (Å²) in [5, 5.41) is -0.00371. The fourth-order valence-corrected chi connectivity index (χ4v) is 5.07. The minimum Gasteiger partial charge on any atom is -0.461 e. The van der Waals surface area contributed by atoms with E-state index in [4.69, 9.17) is 21.1 Å². The van der Waals surface area contributed by atoms with E-state index in [9.17, 15) is 13.2 Å². The molecule has 3 aliphatic heterocycles. The molecule has 7 nitrogen and oxygen atoms in total. The van der Waals surface area contributed by atoms with E-state index >= 15 is 0 Å². The second-order valence-electron chi connectivity index (χ2n) is 8.40. The van der Waals surface area contributed by atoms with Crippen LogP contribution in [-0.2, 0) is 4.74 Å². The van der Waals surface area contributed by atoms with Gasteiger partial charge in [-0.1, -0.05) is 11.6 Å². The van der Waals surface area contributed by atoms with Crippen molar-refractivity contribution in [3.05, 3.63) is 17.2 Å². The highest BCUT2D eigenvalue weighted by molar-refractivity contribution is 6.30. The van der Waals surface area contributed by atoms with Gasteiger partial charge in [0.05, 0.1) is 24.1 Å². The Morgan fingerprint density at radius 1 is 1.23 bits per heavy atom. The first-order valence-corrected chi connectivity index (χ1v) is 10.9. The zero-order valence-corrected chi connectivity index (χ0v) is 17.6. The Hall–Kier alpha value is -1.91. The Balaban J connectivity index is 1.50. The summed E-state index contributed by atoms with van der Waals surface area (Å²) < 4.78 is 53.9. The molecule has 0 aromatic carbocycles. The highest BCUT2D eigenvalue weighted by atomic mass is 35.5. The van der Waals surface area contributed by atoms with Gasteiger partial charge in [0.15, 0.2) is 11.0 Å². The SMILES string of the molecule is Fc1c(Cl)ncc2c(N3CCCOC(F)C3)nc(OC[C@@]34CCCN3C[C@H](F)C4)nc12. The molecule has 168 valence electrons. The van der Waals surface area contributed by atoms with E-state index in [1.807, 2.05) is 0 Å². The third-order valence-corrected chi connectivity index (χ3v) is 6.63. The second-order valence-corrected chi connectivity index (χ2v) is 8.76. The molecule has 5 heterocycles. The summed E-state index contributed by atoms with van der Waals surface area (Å²) in [6.07, 6.45) is 1.77. The van der Waals surface area contributed by atoms with Crippen LogP contribution in [0.15, 0.2) is 6.20 Å². The number of anilines is 1. The van der Waals surface area contributed by atoms with Crippen LogP contribution in [0.3, 0.4) is 0 Å². The number of nitrogens with zero attached hydrogens (tertiary/aromatic N) is 5. The van der Waals surface area contributed by atoms with Crippen LogP contribution in [0.5, 0.6) is 6.01 Å². The number of ether oxygens (including phenoxy) is 2. The van der Waals surface area contributed by atoms with Crippen LogP contribution in [-0.4, -0.2) is 77.3 Å². The lowest BCUT2D eigenvalue weighted by atomic mass is 9.95. The second kappa shape index (κ2) is 8.22. The van der Waals surface area contributed by atoms with Crippen molar-refractivity contribution in [1.29, 1.82) is 0 Å². The van der Waals surface area contributed by atoms with Crippen LogP contribution in [0.1, 0.15) is 25.7 Å². The average Bonchev–Trinajstić information content (AvgIpc) is 3.17. The number of hydrogen-bond donors (Lipinski definition) is 0. The summed E-state index contributed by atoms with van der Waals surface area (Å²) in [6, 6.07) is -0.0484. The van der Waals surface area contributed by atoms with Crippen LogP contribution >= 0.6 is 11.6 Å². The number of fused-ring (bicyclic) bond motifs is 2. The van der Waals surface area contributed by atoms with Crippen LogP contribution in [0, 0.1) is 5.82 Å². The lowest BCUT2D eigenvalue weighted by molar-refractivity contribution is -0.0234. The minimum atomic E-state index is -1.49.